The van der Waals surface area contributed by atoms with Gasteiger partial charge >= 0.3 is 0 Å². The van der Waals surface area contributed by atoms with Crippen molar-refractivity contribution in [3.63, 3.8) is 0 Å². The number of amides is 1. The highest BCUT2D eigenvalue weighted by Crippen LogP contribution is 2.22. The highest BCUT2D eigenvalue weighted by molar-refractivity contribution is 6.33. The molecule has 0 atom stereocenters. The number of hydrogen-bond donors (Lipinski definition) is 1. The van der Waals surface area contributed by atoms with Gasteiger partial charge in [0.1, 0.15) is 17.3 Å². The molecule has 0 bridgehead atoms. The molecule has 0 saturated heterocycles. The van der Waals surface area contributed by atoms with Crippen LogP contribution in [0.1, 0.15) is 28.8 Å². The van der Waals surface area contributed by atoms with Crippen LogP contribution in [0.3, 0.4) is 0 Å². The number of carbonyl (C=O) groups excluding carboxylic acids is 1. The fraction of sp³-hybridized carbons (Fsp3) is 0.190. The summed E-state index contributed by atoms with van der Waals surface area (Å²) in [7, 11) is 0. The van der Waals surface area contributed by atoms with E-state index in [0.717, 1.165) is 12.4 Å². The summed E-state index contributed by atoms with van der Waals surface area (Å²) in [5.41, 5.74) is 2.04. The Hall–Kier alpha value is -2.92. The van der Waals surface area contributed by atoms with Gasteiger partial charge < -0.3 is 10.2 Å². The van der Waals surface area contributed by atoms with Crippen molar-refractivity contribution in [2.24, 2.45) is 0 Å². The normalized spacial score (nSPS) is 10.5. The fourth-order valence-corrected chi connectivity index (χ4v) is 2.92. The number of nitrogens with one attached hydrogen (secondary N) is 1. The van der Waals surface area contributed by atoms with Crippen molar-refractivity contribution in [3.05, 3.63) is 82.8 Å². The quantitative estimate of drug-likeness (QED) is 0.672. The highest BCUT2D eigenvalue weighted by atomic mass is 35.5. The van der Waals surface area contributed by atoms with Crippen molar-refractivity contribution in [1.82, 2.24) is 9.97 Å². The standard InChI is InChI=1S/C21H21ClN4O/c1-3-26(14-16-9-5-4-6-10-16)20-13-19(23-15(2)24-20)21(27)25-18-12-8-7-11-17(18)22/h4-13H,3,14H2,1-2H3,(H,25,27). The Labute approximate surface area is 164 Å². The predicted octanol–water partition coefficient (Wildman–Crippen LogP) is 4.72. The van der Waals surface area contributed by atoms with E-state index in [0.29, 0.717) is 28.8 Å². The van der Waals surface area contributed by atoms with Gasteiger partial charge in [-0.3, -0.25) is 4.79 Å². The zero-order valence-corrected chi connectivity index (χ0v) is 16.1. The molecule has 138 valence electrons. The summed E-state index contributed by atoms with van der Waals surface area (Å²) in [6.45, 7) is 5.31. The summed E-state index contributed by atoms with van der Waals surface area (Å²) in [5, 5.41) is 3.29. The van der Waals surface area contributed by atoms with Crippen LogP contribution in [-0.2, 0) is 6.54 Å². The third-order valence-electron chi connectivity index (χ3n) is 4.10. The lowest BCUT2D eigenvalue weighted by Gasteiger charge is -2.22. The average molecular weight is 381 g/mol. The maximum atomic E-state index is 12.7. The van der Waals surface area contributed by atoms with Gasteiger partial charge in [-0.05, 0) is 31.5 Å². The molecule has 3 rings (SSSR count). The number of hydrogen-bond acceptors (Lipinski definition) is 4. The van der Waals surface area contributed by atoms with E-state index in [4.69, 9.17) is 11.6 Å². The summed E-state index contributed by atoms with van der Waals surface area (Å²) in [6, 6.07) is 19.0. The van der Waals surface area contributed by atoms with Gasteiger partial charge in [-0.25, -0.2) is 9.97 Å². The van der Waals surface area contributed by atoms with Crippen molar-refractivity contribution < 1.29 is 4.79 Å². The third kappa shape index (κ3) is 4.83. The van der Waals surface area contributed by atoms with Crippen molar-refractivity contribution in [2.75, 3.05) is 16.8 Å². The second-order valence-electron chi connectivity index (χ2n) is 6.09. The topological polar surface area (TPSA) is 58.1 Å². The lowest BCUT2D eigenvalue weighted by Crippen LogP contribution is -2.25. The van der Waals surface area contributed by atoms with E-state index >= 15 is 0 Å². The predicted molar refractivity (Wildman–Crippen MR) is 109 cm³/mol. The fourth-order valence-electron chi connectivity index (χ4n) is 2.74. The lowest BCUT2D eigenvalue weighted by molar-refractivity contribution is 0.102. The molecule has 0 aliphatic rings. The Balaban J connectivity index is 1.84. The van der Waals surface area contributed by atoms with Gasteiger partial charge in [0, 0.05) is 19.2 Å². The molecule has 2 aromatic carbocycles. The number of rotatable bonds is 6. The molecule has 6 heteroatoms. The van der Waals surface area contributed by atoms with E-state index in [-0.39, 0.29) is 5.91 Å². The summed E-state index contributed by atoms with van der Waals surface area (Å²) >= 11 is 6.13. The summed E-state index contributed by atoms with van der Waals surface area (Å²) in [6.07, 6.45) is 0. The zero-order chi connectivity index (χ0) is 19.2. The molecule has 1 amide bonds. The summed E-state index contributed by atoms with van der Waals surface area (Å²) in [5.74, 6) is 0.951. The Morgan fingerprint density at radius 3 is 2.48 bits per heavy atom. The van der Waals surface area contributed by atoms with Crippen molar-refractivity contribution >= 4 is 29.0 Å². The van der Waals surface area contributed by atoms with Crippen LogP contribution in [0.2, 0.25) is 5.02 Å². The first kappa shape index (κ1) is 18.9. The maximum absolute atomic E-state index is 12.7. The molecule has 3 aromatic rings. The lowest BCUT2D eigenvalue weighted by atomic mass is 10.2. The van der Waals surface area contributed by atoms with E-state index in [2.05, 4.69) is 39.2 Å². The van der Waals surface area contributed by atoms with Crippen LogP contribution < -0.4 is 10.2 Å². The number of aromatic nitrogens is 2. The zero-order valence-electron chi connectivity index (χ0n) is 15.3. The molecule has 0 unspecified atom stereocenters. The van der Waals surface area contributed by atoms with Crippen LogP contribution in [0.15, 0.2) is 60.7 Å². The Morgan fingerprint density at radius 1 is 1.07 bits per heavy atom. The van der Waals surface area contributed by atoms with E-state index < -0.39 is 0 Å². The second-order valence-corrected chi connectivity index (χ2v) is 6.50. The molecule has 1 N–H and O–H groups in total. The largest absolute Gasteiger partial charge is 0.352 e. The highest BCUT2D eigenvalue weighted by Gasteiger charge is 2.15. The SMILES string of the molecule is CCN(Cc1ccccc1)c1cc(C(=O)Nc2ccccc2Cl)nc(C)n1. The maximum Gasteiger partial charge on any atom is 0.274 e. The van der Waals surface area contributed by atoms with Crippen LogP contribution in [0, 0.1) is 6.92 Å². The number of aryl methyl sites for hydroxylation is 1. The minimum absolute atomic E-state index is 0.309. The Bertz CT molecular complexity index is 930. The van der Waals surface area contributed by atoms with Gasteiger partial charge in [-0.1, -0.05) is 54.1 Å². The van der Waals surface area contributed by atoms with Crippen LogP contribution in [0.5, 0.6) is 0 Å². The molecule has 0 aliphatic carbocycles. The molecule has 27 heavy (non-hydrogen) atoms. The third-order valence-corrected chi connectivity index (χ3v) is 4.43. The number of halogens is 1. The Kier molecular flexibility index (Phi) is 6.04. The summed E-state index contributed by atoms with van der Waals surface area (Å²) in [4.78, 5) is 23.6. The average Bonchev–Trinajstić information content (AvgIpc) is 2.68. The van der Waals surface area contributed by atoms with Crippen LogP contribution in [-0.4, -0.2) is 22.4 Å². The smallest absolute Gasteiger partial charge is 0.274 e. The van der Waals surface area contributed by atoms with Gasteiger partial charge in [0.05, 0.1) is 10.7 Å². The van der Waals surface area contributed by atoms with E-state index in [1.807, 2.05) is 30.3 Å². The van der Waals surface area contributed by atoms with Crippen LogP contribution in [0.4, 0.5) is 11.5 Å². The van der Waals surface area contributed by atoms with E-state index in [9.17, 15) is 4.79 Å². The Morgan fingerprint density at radius 2 is 1.78 bits per heavy atom. The van der Waals surface area contributed by atoms with Gasteiger partial charge in [0.2, 0.25) is 0 Å². The number of nitrogens with zero attached hydrogens (tertiary/aromatic N) is 3. The minimum Gasteiger partial charge on any atom is -0.352 e. The first-order valence-corrected chi connectivity index (χ1v) is 9.15. The molecule has 1 heterocycles. The number of anilines is 2. The van der Waals surface area contributed by atoms with Crippen molar-refractivity contribution in [1.29, 1.82) is 0 Å². The van der Waals surface area contributed by atoms with Crippen molar-refractivity contribution in [3.8, 4) is 0 Å². The minimum atomic E-state index is -0.314. The second kappa shape index (κ2) is 8.64. The number of carbonyl (C=O) groups is 1. The molecule has 5 nitrogen and oxygen atoms in total. The molecule has 0 radical (unpaired) electrons. The molecular formula is C21H21ClN4O. The van der Waals surface area contributed by atoms with Gasteiger partial charge in [-0.15, -0.1) is 0 Å². The first-order chi connectivity index (χ1) is 13.1. The van der Waals surface area contributed by atoms with E-state index in [1.165, 1.54) is 5.56 Å². The monoisotopic (exact) mass is 380 g/mol. The molecular weight excluding hydrogens is 360 g/mol. The molecule has 0 aliphatic heterocycles. The first-order valence-electron chi connectivity index (χ1n) is 8.77. The molecule has 1 aromatic heterocycles. The van der Waals surface area contributed by atoms with Gasteiger partial charge in [0.25, 0.3) is 5.91 Å². The summed E-state index contributed by atoms with van der Waals surface area (Å²) < 4.78 is 0. The van der Waals surface area contributed by atoms with Crippen LogP contribution in [0.25, 0.3) is 0 Å². The number of para-hydroxylation sites is 1. The number of benzene rings is 2. The molecule has 0 spiro atoms. The molecule has 0 saturated carbocycles. The van der Waals surface area contributed by atoms with E-state index in [1.54, 1.807) is 25.1 Å². The van der Waals surface area contributed by atoms with Gasteiger partial charge in [-0.2, -0.15) is 0 Å². The van der Waals surface area contributed by atoms with Crippen LogP contribution >= 0.6 is 11.6 Å². The van der Waals surface area contributed by atoms with Crippen molar-refractivity contribution in [2.45, 2.75) is 20.4 Å². The molecule has 0 fully saturated rings. The van der Waals surface area contributed by atoms with Gasteiger partial charge in [0.15, 0.2) is 0 Å².